The Morgan fingerprint density at radius 1 is 1.21 bits per heavy atom. The molecule has 1 amide bonds. The molecule has 0 bridgehead atoms. The van der Waals surface area contributed by atoms with Crippen LogP contribution in [-0.2, 0) is 16.2 Å². The van der Waals surface area contributed by atoms with Gasteiger partial charge in [0.25, 0.3) is 0 Å². The van der Waals surface area contributed by atoms with E-state index in [1.165, 1.54) is 40.3 Å². The third-order valence-electron chi connectivity index (χ3n) is 6.24. The second-order valence-corrected chi connectivity index (χ2v) is 9.35. The number of benzene rings is 1. The molecule has 0 radical (unpaired) electrons. The van der Waals surface area contributed by atoms with E-state index < -0.39 is 23.7 Å². The van der Waals surface area contributed by atoms with Crippen molar-refractivity contribution in [1.29, 1.82) is 0 Å². The Bertz CT molecular complexity index is 1230. The number of aromatic nitrogens is 3. The molecule has 1 saturated heterocycles. The maximum absolute atomic E-state index is 14.1. The summed E-state index contributed by atoms with van der Waals surface area (Å²) in [6.07, 6.45) is 0.943. The van der Waals surface area contributed by atoms with E-state index in [0.717, 1.165) is 17.8 Å². The number of hydrogen-bond donors (Lipinski definition) is 0. The molecule has 11 heteroatoms. The van der Waals surface area contributed by atoms with Gasteiger partial charge in [-0.3, -0.25) is 9.48 Å². The molecule has 0 saturated carbocycles. The summed E-state index contributed by atoms with van der Waals surface area (Å²) in [6.45, 7) is 2.90. The number of halogens is 3. The fourth-order valence-corrected chi connectivity index (χ4v) is 5.34. The summed E-state index contributed by atoms with van der Waals surface area (Å²) in [5, 5.41) is 10.6. The van der Waals surface area contributed by atoms with Crippen LogP contribution in [-0.4, -0.2) is 44.4 Å². The van der Waals surface area contributed by atoms with Gasteiger partial charge in [-0.05, 0) is 31.9 Å². The molecule has 0 aliphatic carbocycles. The molecule has 0 N–H and O–H groups in total. The molecule has 1 aromatic carbocycles. The molecule has 3 aromatic rings. The molecule has 5 rings (SSSR count). The Hall–Kier alpha value is -3.21. The summed E-state index contributed by atoms with van der Waals surface area (Å²) < 4.78 is 42.8. The predicted octanol–water partition coefficient (Wildman–Crippen LogP) is 4.34. The molecule has 4 heterocycles. The van der Waals surface area contributed by atoms with Crippen molar-refractivity contribution in [2.75, 3.05) is 13.1 Å². The number of thiazole rings is 1. The van der Waals surface area contributed by atoms with Crippen LogP contribution in [0, 0.1) is 24.5 Å². The molecule has 7 nitrogen and oxygen atoms in total. The Balaban J connectivity index is 1.18. The van der Waals surface area contributed by atoms with E-state index in [4.69, 9.17) is 9.82 Å². The van der Waals surface area contributed by atoms with Gasteiger partial charge >= 0.3 is 0 Å². The summed E-state index contributed by atoms with van der Waals surface area (Å²) in [4.78, 5) is 24.4. The second-order valence-electron chi connectivity index (χ2n) is 8.46. The molecule has 2 aromatic heterocycles. The highest BCUT2D eigenvalue weighted by Gasteiger charge is 2.31. The van der Waals surface area contributed by atoms with Crippen molar-refractivity contribution < 1.29 is 22.8 Å². The van der Waals surface area contributed by atoms with Crippen LogP contribution in [0.2, 0.25) is 0 Å². The lowest BCUT2D eigenvalue weighted by molar-refractivity contribution is -0.133. The van der Waals surface area contributed by atoms with Crippen LogP contribution in [0.5, 0.6) is 0 Å². The third-order valence-corrected chi connectivity index (χ3v) is 7.25. The first-order valence-corrected chi connectivity index (χ1v) is 11.9. The van der Waals surface area contributed by atoms with Gasteiger partial charge < -0.3 is 9.74 Å². The van der Waals surface area contributed by atoms with Crippen molar-refractivity contribution in [1.82, 2.24) is 19.7 Å². The first-order valence-electron chi connectivity index (χ1n) is 11.0. The summed E-state index contributed by atoms with van der Waals surface area (Å²) in [7, 11) is 0. The van der Waals surface area contributed by atoms with Crippen LogP contribution in [0.3, 0.4) is 0 Å². The van der Waals surface area contributed by atoms with Gasteiger partial charge in [0.15, 0.2) is 6.10 Å². The van der Waals surface area contributed by atoms with E-state index in [1.807, 2.05) is 5.38 Å². The molecule has 178 valence electrons. The number of carbonyl (C=O) groups excluding carboxylic acids is 1. The van der Waals surface area contributed by atoms with Crippen molar-refractivity contribution >= 4 is 23.0 Å². The Labute approximate surface area is 197 Å². The molecule has 1 atom stereocenters. The standard InChI is InChI=1S/C23H22F3N5O2S/c1-13-9-20(26)28-31(13)11-21(32)30-7-5-14(6-8-30)23-27-18(12-34-23)17-10-19(33-29-17)22-15(24)3-2-4-16(22)25/h2-4,9,12,14,19H,5-8,10-11H2,1H3. The predicted molar refractivity (Wildman–Crippen MR) is 119 cm³/mol. The number of oxime groups is 1. The molecule has 0 spiro atoms. The normalized spacial score (nSPS) is 18.8. The number of carbonyl (C=O) groups is 1. The molecular formula is C23H22F3N5O2S. The van der Waals surface area contributed by atoms with E-state index in [2.05, 4.69) is 10.3 Å². The van der Waals surface area contributed by atoms with Gasteiger partial charge in [-0.1, -0.05) is 11.2 Å². The summed E-state index contributed by atoms with van der Waals surface area (Å²) in [5.74, 6) is -1.79. The Morgan fingerprint density at radius 2 is 1.94 bits per heavy atom. The van der Waals surface area contributed by atoms with Crippen molar-refractivity contribution in [3.05, 3.63) is 69.2 Å². The molecule has 2 aliphatic heterocycles. The zero-order chi connectivity index (χ0) is 23.8. The average molecular weight is 490 g/mol. The van der Waals surface area contributed by atoms with Gasteiger partial charge in [-0.25, -0.2) is 13.8 Å². The molecule has 1 unspecified atom stereocenters. The first-order chi connectivity index (χ1) is 16.4. The zero-order valence-electron chi connectivity index (χ0n) is 18.4. The average Bonchev–Trinajstić information content (AvgIpc) is 3.54. The molecule has 1 fully saturated rings. The van der Waals surface area contributed by atoms with E-state index >= 15 is 0 Å². The van der Waals surface area contributed by atoms with Crippen LogP contribution >= 0.6 is 11.3 Å². The van der Waals surface area contributed by atoms with Crippen molar-refractivity contribution in [2.45, 2.75) is 44.8 Å². The van der Waals surface area contributed by atoms with Gasteiger partial charge in [0.1, 0.15) is 23.9 Å². The van der Waals surface area contributed by atoms with Crippen LogP contribution in [0.15, 0.2) is 34.8 Å². The van der Waals surface area contributed by atoms with Gasteiger partial charge in [-0.15, -0.1) is 16.4 Å². The number of likely N-dealkylation sites (tertiary alicyclic amines) is 1. The highest BCUT2D eigenvalue weighted by Crippen LogP contribution is 2.35. The molecule has 34 heavy (non-hydrogen) atoms. The topological polar surface area (TPSA) is 72.6 Å². The summed E-state index contributed by atoms with van der Waals surface area (Å²) in [5.41, 5.74) is 1.69. The molecular weight excluding hydrogens is 467 g/mol. The Morgan fingerprint density at radius 3 is 2.62 bits per heavy atom. The maximum atomic E-state index is 14.1. The number of amides is 1. The number of nitrogens with zero attached hydrogens (tertiary/aromatic N) is 5. The number of hydrogen-bond acceptors (Lipinski definition) is 6. The SMILES string of the molecule is Cc1cc(F)nn1CC(=O)N1CCC(c2nc(C3=NOC(c4c(F)cccc4F)C3)cs2)CC1. The van der Waals surface area contributed by atoms with Crippen LogP contribution in [0.1, 0.15) is 53.2 Å². The van der Waals surface area contributed by atoms with Crippen molar-refractivity contribution in [3.63, 3.8) is 0 Å². The minimum Gasteiger partial charge on any atom is -0.387 e. The Kier molecular flexibility index (Phi) is 6.11. The second kappa shape index (κ2) is 9.21. The first kappa shape index (κ1) is 22.6. The highest BCUT2D eigenvalue weighted by molar-refractivity contribution is 7.10. The lowest BCUT2D eigenvalue weighted by Crippen LogP contribution is -2.40. The van der Waals surface area contributed by atoms with E-state index in [1.54, 1.807) is 11.8 Å². The minimum absolute atomic E-state index is 0.0193. The fourth-order valence-electron chi connectivity index (χ4n) is 4.34. The van der Waals surface area contributed by atoms with Gasteiger partial charge in [0.2, 0.25) is 11.9 Å². The van der Waals surface area contributed by atoms with Crippen molar-refractivity contribution in [3.8, 4) is 0 Å². The van der Waals surface area contributed by atoms with Gasteiger partial charge in [-0.2, -0.15) is 4.39 Å². The summed E-state index contributed by atoms with van der Waals surface area (Å²) >= 11 is 1.51. The van der Waals surface area contributed by atoms with Gasteiger partial charge in [0.05, 0.1) is 16.3 Å². The monoisotopic (exact) mass is 489 g/mol. The minimum atomic E-state index is -0.817. The lowest BCUT2D eigenvalue weighted by Gasteiger charge is -2.31. The van der Waals surface area contributed by atoms with Crippen LogP contribution < -0.4 is 0 Å². The number of piperidine rings is 1. The number of aryl methyl sites for hydroxylation is 1. The van der Waals surface area contributed by atoms with Crippen LogP contribution in [0.25, 0.3) is 0 Å². The third kappa shape index (κ3) is 4.44. The summed E-state index contributed by atoms with van der Waals surface area (Å²) in [6, 6.07) is 5.02. The molecule has 2 aliphatic rings. The highest BCUT2D eigenvalue weighted by atomic mass is 32.1. The van der Waals surface area contributed by atoms with Crippen LogP contribution in [0.4, 0.5) is 13.2 Å². The maximum Gasteiger partial charge on any atom is 0.244 e. The zero-order valence-corrected chi connectivity index (χ0v) is 19.2. The number of rotatable bonds is 5. The van der Waals surface area contributed by atoms with Crippen molar-refractivity contribution in [2.24, 2.45) is 5.16 Å². The smallest absolute Gasteiger partial charge is 0.244 e. The lowest BCUT2D eigenvalue weighted by atomic mass is 9.97. The fraction of sp³-hybridized carbons (Fsp3) is 0.391. The quantitative estimate of drug-likeness (QED) is 0.535. The van der Waals surface area contributed by atoms with E-state index in [0.29, 0.717) is 30.2 Å². The van der Waals surface area contributed by atoms with Gasteiger partial charge in [0, 0.05) is 42.6 Å². The largest absolute Gasteiger partial charge is 0.387 e. The van der Waals surface area contributed by atoms with E-state index in [-0.39, 0.29) is 30.4 Å². The van der Waals surface area contributed by atoms with E-state index in [9.17, 15) is 18.0 Å².